The lowest BCUT2D eigenvalue weighted by Crippen LogP contribution is -2.42. The van der Waals surface area contributed by atoms with Gasteiger partial charge >= 0.3 is 11.9 Å². The molecule has 3 aromatic carbocycles. The summed E-state index contributed by atoms with van der Waals surface area (Å²) in [5.41, 5.74) is 1.01. The summed E-state index contributed by atoms with van der Waals surface area (Å²) in [5.74, 6) is -2.73. The van der Waals surface area contributed by atoms with Crippen LogP contribution in [0.1, 0.15) is 141 Å². The monoisotopic (exact) mass is 756 g/mol. The number of rotatable bonds is 25. The molecule has 0 radical (unpaired) electrons. The van der Waals surface area contributed by atoms with Crippen molar-refractivity contribution in [3.8, 4) is 0 Å². The van der Waals surface area contributed by atoms with Crippen molar-refractivity contribution < 1.29 is 29.4 Å². The number of hydrogen-bond acceptors (Lipinski definition) is 7. The molecule has 0 aromatic heterocycles. The lowest BCUT2D eigenvalue weighted by atomic mass is 10.0. The molecule has 0 unspecified atom stereocenters. The van der Waals surface area contributed by atoms with Gasteiger partial charge in [-0.15, -0.1) is 0 Å². The van der Waals surface area contributed by atoms with Crippen molar-refractivity contribution in [2.24, 2.45) is 0 Å². The summed E-state index contributed by atoms with van der Waals surface area (Å²) < 4.78 is 1.43. The number of carbonyl (C=O) groups is 4. The number of amides is 2. The molecule has 1 aliphatic heterocycles. The highest BCUT2D eigenvalue weighted by Gasteiger charge is 2.29. The average molecular weight is 757 g/mol. The minimum Gasteiger partial charge on any atom is -0.478 e. The van der Waals surface area contributed by atoms with E-state index in [1.165, 1.54) is 106 Å². The molecular formula is C43H56N4O6S. The summed E-state index contributed by atoms with van der Waals surface area (Å²) in [7, 11) is 0. The SMILES string of the molecule is CCCCCCCCCCCCCCCCCCNC(=O)c1cccc(SN2C(=O)CN(c3ccccc3)C=C2Nc2cc(C(=O)O)cc(C(=O)O)c2)c1. The quantitative estimate of drug-likeness (QED) is 0.0491. The van der Waals surface area contributed by atoms with E-state index in [-0.39, 0.29) is 41.0 Å². The largest absolute Gasteiger partial charge is 0.478 e. The first-order valence-corrected chi connectivity index (χ1v) is 20.3. The van der Waals surface area contributed by atoms with Crippen LogP contribution in [0.15, 0.2) is 89.7 Å². The van der Waals surface area contributed by atoms with Crippen molar-refractivity contribution in [3.63, 3.8) is 0 Å². The van der Waals surface area contributed by atoms with Gasteiger partial charge in [-0.05, 0) is 66.9 Å². The van der Waals surface area contributed by atoms with Gasteiger partial charge in [0.15, 0.2) is 0 Å². The number of carbonyl (C=O) groups excluding carboxylic acids is 2. The summed E-state index contributed by atoms with van der Waals surface area (Å²) in [6.07, 6.45) is 22.4. The molecule has 0 saturated carbocycles. The Bertz CT molecular complexity index is 1670. The lowest BCUT2D eigenvalue weighted by Gasteiger charge is -2.34. The minimum absolute atomic E-state index is 0.0250. The zero-order valence-electron chi connectivity index (χ0n) is 31.6. The Hall–Kier alpha value is -4.77. The first-order chi connectivity index (χ1) is 26.2. The fourth-order valence-electron chi connectivity index (χ4n) is 6.43. The van der Waals surface area contributed by atoms with Gasteiger partial charge in [0.1, 0.15) is 12.4 Å². The normalized spacial score (nSPS) is 12.8. The van der Waals surface area contributed by atoms with Crippen molar-refractivity contribution in [1.82, 2.24) is 9.62 Å². The van der Waals surface area contributed by atoms with Gasteiger partial charge < -0.3 is 25.7 Å². The fraction of sp³-hybridized carbons (Fsp3) is 0.442. The van der Waals surface area contributed by atoms with Gasteiger partial charge in [-0.2, -0.15) is 0 Å². The predicted octanol–water partition coefficient (Wildman–Crippen LogP) is 10.3. The van der Waals surface area contributed by atoms with E-state index >= 15 is 0 Å². The molecule has 1 aliphatic rings. The maximum absolute atomic E-state index is 13.7. The molecule has 290 valence electrons. The molecule has 2 amide bonds. The summed E-state index contributed by atoms with van der Waals surface area (Å²) in [6.45, 7) is 2.89. The molecule has 4 N–H and O–H groups in total. The highest BCUT2D eigenvalue weighted by molar-refractivity contribution is 7.97. The van der Waals surface area contributed by atoms with Crippen molar-refractivity contribution in [2.75, 3.05) is 23.3 Å². The zero-order valence-corrected chi connectivity index (χ0v) is 32.4. The van der Waals surface area contributed by atoms with Crippen LogP contribution in [-0.2, 0) is 4.79 Å². The molecule has 0 spiro atoms. The van der Waals surface area contributed by atoms with E-state index in [4.69, 9.17) is 0 Å². The first-order valence-electron chi connectivity index (χ1n) is 19.6. The Kier molecular flexibility index (Phi) is 18.0. The van der Waals surface area contributed by atoms with Crippen LogP contribution in [-0.4, -0.2) is 51.4 Å². The third-order valence-corrected chi connectivity index (χ3v) is 10.5. The Morgan fingerprint density at radius 2 is 1.22 bits per heavy atom. The summed E-state index contributed by atoms with van der Waals surface area (Å²) >= 11 is 1.11. The van der Waals surface area contributed by atoms with Crippen LogP contribution in [0, 0.1) is 0 Å². The van der Waals surface area contributed by atoms with Crippen LogP contribution in [0.4, 0.5) is 11.4 Å². The number of anilines is 2. The van der Waals surface area contributed by atoms with Crippen LogP contribution in [0.25, 0.3) is 0 Å². The Morgan fingerprint density at radius 3 is 1.78 bits per heavy atom. The highest BCUT2D eigenvalue weighted by atomic mass is 32.2. The second-order valence-corrected chi connectivity index (χ2v) is 14.9. The number of aromatic carboxylic acids is 2. The van der Waals surface area contributed by atoms with Crippen LogP contribution < -0.4 is 15.5 Å². The van der Waals surface area contributed by atoms with E-state index in [1.54, 1.807) is 35.4 Å². The number of benzene rings is 3. The van der Waals surface area contributed by atoms with E-state index in [2.05, 4.69) is 17.6 Å². The first kappa shape index (κ1) is 42.0. The summed E-state index contributed by atoms with van der Waals surface area (Å²) in [5, 5.41) is 25.3. The topological polar surface area (TPSA) is 139 Å². The molecule has 10 nitrogen and oxygen atoms in total. The number of nitrogens with one attached hydrogen (secondary N) is 2. The van der Waals surface area contributed by atoms with Gasteiger partial charge in [-0.1, -0.05) is 128 Å². The zero-order chi connectivity index (χ0) is 38.5. The van der Waals surface area contributed by atoms with Crippen molar-refractivity contribution in [1.29, 1.82) is 0 Å². The number of nitrogens with zero attached hydrogens (tertiary/aromatic N) is 2. The fourth-order valence-corrected chi connectivity index (χ4v) is 7.31. The smallest absolute Gasteiger partial charge is 0.335 e. The van der Waals surface area contributed by atoms with E-state index in [0.717, 1.165) is 36.5 Å². The van der Waals surface area contributed by atoms with Crippen molar-refractivity contribution >= 4 is 47.1 Å². The van der Waals surface area contributed by atoms with Crippen LogP contribution in [0.3, 0.4) is 0 Å². The van der Waals surface area contributed by atoms with Gasteiger partial charge in [0.2, 0.25) is 0 Å². The number of hydrogen-bond donors (Lipinski definition) is 4. The maximum Gasteiger partial charge on any atom is 0.335 e. The molecule has 0 bridgehead atoms. The molecule has 3 aromatic rings. The Labute approximate surface area is 324 Å². The third-order valence-electron chi connectivity index (χ3n) is 9.43. The van der Waals surface area contributed by atoms with E-state index in [0.29, 0.717) is 17.0 Å². The van der Waals surface area contributed by atoms with Gasteiger partial charge in [-0.3, -0.25) is 9.59 Å². The van der Waals surface area contributed by atoms with Crippen LogP contribution >= 0.6 is 11.9 Å². The van der Waals surface area contributed by atoms with E-state index < -0.39 is 11.9 Å². The van der Waals surface area contributed by atoms with Crippen molar-refractivity contribution in [2.45, 2.75) is 115 Å². The molecule has 11 heteroatoms. The Morgan fingerprint density at radius 1 is 0.667 bits per heavy atom. The molecule has 54 heavy (non-hydrogen) atoms. The van der Waals surface area contributed by atoms with Gasteiger partial charge in [0.05, 0.1) is 11.1 Å². The summed E-state index contributed by atoms with van der Waals surface area (Å²) in [4.78, 5) is 52.7. The van der Waals surface area contributed by atoms with Crippen molar-refractivity contribution in [3.05, 3.63) is 102 Å². The minimum atomic E-state index is -1.28. The predicted molar refractivity (Wildman–Crippen MR) is 217 cm³/mol. The standard InChI is InChI=1S/C43H56N4O6S/c1-2-3-4-5-6-7-8-9-10-11-12-13-14-15-16-20-26-44-41(49)33-22-21-25-38(30-33)54-47-39(31-46(32-40(47)48)37-23-18-17-19-24-37)45-36-28-34(42(50)51)27-35(29-36)43(52)53/h17-19,21-25,27-31,45H,2-16,20,26,32H2,1H3,(H,44,49)(H,50,51)(H,52,53). The lowest BCUT2D eigenvalue weighted by molar-refractivity contribution is -0.123. The highest BCUT2D eigenvalue weighted by Crippen LogP contribution is 2.33. The van der Waals surface area contributed by atoms with Gasteiger partial charge in [0, 0.05) is 34.6 Å². The molecular weight excluding hydrogens is 701 g/mol. The Balaban J connectivity index is 1.26. The molecule has 4 rings (SSSR count). The molecule has 0 aliphatic carbocycles. The number of para-hydroxylation sites is 1. The molecule has 0 fully saturated rings. The van der Waals surface area contributed by atoms with E-state index in [9.17, 15) is 29.4 Å². The maximum atomic E-state index is 13.7. The van der Waals surface area contributed by atoms with Gasteiger partial charge in [0.25, 0.3) is 11.8 Å². The molecule has 0 atom stereocenters. The second kappa shape index (κ2) is 23.1. The number of carboxylic acids is 2. The third kappa shape index (κ3) is 14.2. The van der Waals surface area contributed by atoms with Crippen LogP contribution in [0.2, 0.25) is 0 Å². The number of carboxylic acid groups (broad SMARTS) is 2. The molecule has 1 heterocycles. The molecule has 0 saturated heterocycles. The van der Waals surface area contributed by atoms with Crippen LogP contribution in [0.5, 0.6) is 0 Å². The van der Waals surface area contributed by atoms with E-state index in [1.807, 2.05) is 30.3 Å². The number of unbranched alkanes of at least 4 members (excludes halogenated alkanes) is 15. The second-order valence-electron chi connectivity index (χ2n) is 13.9. The summed E-state index contributed by atoms with van der Waals surface area (Å²) in [6, 6.07) is 20.1. The average Bonchev–Trinajstić information content (AvgIpc) is 3.17. The van der Waals surface area contributed by atoms with Gasteiger partial charge in [-0.25, -0.2) is 13.9 Å².